The fourth-order valence-electron chi connectivity index (χ4n) is 3.36. The van der Waals surface area contributed by atoms with Gasteiger partial charge in [0.1, 0.15) is 0 Å². The van der Waals surface area contributed by atoms with Crippen LogP contribution in [0.4, 0.5) is 5.13 Å². The third-order valence-electron chi connectivity index (χ3n) is 4.65. The van der Waals surface area contributed by atoms with Crippen molar-refractivity contribution in [3.63, 3.8) is 0 Å². The summed E-state index contributed by atoms with van der Waals surface area (Å²) >= 11 is 1.81. The Balaban J connectivity index is 1.45. The number of hydrogen-bond donors (Lipinski definition) is 0. The van der Waals surface area contributed by atoms with Crippen molar-refractivity contribution in [1.82, 2.24) is 19.7 Å². The van der Waals surface area contributed by atoms with E-state index in [0.29, 0.717) is 0 Å². The molecule has 6 heteroatoms. The average molecular weight is 341 g/mol. The molecule has 3 aromatic rings. The summed E-state index contributed by atoms with van der Waals surface area (Å²) in [6.45, 7) is 7.43. The highest BCUT2D eigenvalue weighted by Crippen LogP contribution is 2.29. The van der Waals surface area contributed by atoms with Crippen LogP contribution in [0, 0.1) is 6.92 Å². The van der Waals surface area contributed by atoms with Crippen molar-refractivity contribution in [3.8, 4) is 0 Å². The van der Waals surface area contributed by atoms with Gasteiger partial charge in [0.15, 0.2) is 5.13 Å². The maximum absolute atomic E-state index is 4.82. The Morgan fingerprint density at radius 1 is 1.12 bits per heavy atom. The first-order valence-corrected chi connectivity index (χ1v) is 9.33. The number of aromatic nitrogens is 3. The summed E-state index contributed by atoms with van der Waals surface area (Å²) in [7, 11) is 1.99. The topological polar surface area (TPSA) is 37.2 Å². The van der Waals surface area contributed by atoms with Crippen molar-refractivity contribution in [2.45, 2.75) is 19.9 Å². The normalized spacial score (nSPS) is 16.7. The Morgan fingerprint density at radius 2 is 2.00 bits per heavy atom. The van der Waals surface area contributed by atoms with Crippen LogP contribution in [0.2, 0.25) is 0 Å². The number of hydrogen-bond acceptors (Lipinski definition) is 5. The zero-order valence-electron chi connectivity index (χ0n) is 14.3. The van der Waals surface area contributed by atoms with Crippen molar-refractivity contribution < 1.29 is 0 Å². The van der Waals surface area contributed by atoms with Crippen LogP contribution in [-0.4, -0.2) is 45.8 Å². The molecule has 4 rings (SSSR count). The molecule has 24 heavy (non-hydrogen) atoms. The van der Waals surface area contributed by atoms with E-state index in [2.05, 4.69) is 52.3 Å². The van der Waals surface area contributed by atoms with Crippen LogP contribution in [-0.2, 0) is 13.6 Å². The fourth-order valence-corrected chi connectivity index (χ4v) is 4.38. The number of benzene rings is 1. The molecule has 1 aromatic carbocycles. The number of thiazole rings is 1. The van der Waals surface area contributed by atoms with Crippen LogP contribution in [0.3, 0.4) is 0 Å². The van der Waals surface area contributed by atoms with Gasteiger partial charge < -0.3 is 4.90 Å². The summed E-state index contributed by atoms with van der Waals surface area (Å²) in [5.74, 6) is 0. The molecular weight excluding hydrogens is 318 g/mol. The van der Waals surface area contributed by atoms with E-state index in [1.165, 1.54) is 16.7 Å². The van der Waals surface area contributed by atoms with Gasteiger partial charge in [0.25, 0.3) is 0 Å². The smallest absolute Gasteiger partial charge is 0.186 e. The van der Waals surface area contributed by atoms with E-state index >= 15 is 0 Å². The van der Waals surface area contributed by atoms with Gasteiger partial charge in [0, 0.05) is 51.5 Å². The minimum Gasteiger partial charge on any atom is -0.347 e. The average Bonchev–Trinajstić information content (AvgIpc) is 3.04. The van der Waals surface area contributed by atoms with Crippen LogP contribution in [0.15, 0.2) is 30.5 Å². The molecule has 0 radical (unpaired) electrons. The highest BCUT2D eigenvalue weighted by atomic mass is 32.1. The van der Waals surface area contributed by atoms with Gasteiger partial charge in [0.05, 0.1) is 15.9 Å². The lowest BCUT2D eigenvalue weighted by Crippen LogP contribution is -2.30. The molecule has 1 saturated heterocycles. The highest BCUT2D eigenvalue weighted by molar-refractivity contribution is 7.22. The zero-order valence-corrected chi connectivity index (χ0v) is 15.1. The second-order valence-electron chi connectivity index (χ2n) is 6.49. The molecule has 126 valence electrons. The van der Waals surface area contributed by atoms with E-state index in [1.807, 2.05) is 23.1 Å². The second-order valence-corrected chi connectivity index (χ2v) is 7.50. The summed E-state index contributed by atoms with van der Waals surface area (Å²) in [6.07, 6.45) is 3.32. The molecule has 1 aliphatic heterocycles. The number of nitrogens with zero attached hydrogens (tertiary/aromatic N) is 5. The van der Waals surface area contributed by atoms with Crippen LogP contribution in [0.25, 0.3) is 10.2 Å². The third kappa shape index (κ3) is 3.16. The second kappa shape index (κ2) is 6.53. The first-order chi connectivity index (χ1) is 11.7. The van der Waals surface area contributed by atoms with Gasteiger partial charge in [-0.25, -0.2) is 4.98 Å². The first kappa shape index (κ1) is 15.6. The van der Waals surface area contributed by atoms with Crippen LogP contribution >= 0.6 is 11.3 Å². The summed E-state index contributed by atoms with van der Waals surface area (Å²) in [6, 6.07) is 8.41. The standard InChI is InChI=1S/C18H23N5S/c1-14-15(12-21(2)20-14)13-22-8-5-9-23(11-10-22)18-19-16-6-3-4-7-17(16)24-18/h3-4,6-7,12H,5,8-11,13H2,1-2H3. The van der Waals surface area contributed by atoms with Crippen molar-refractivity contribution in [3.05, 3.63) is 41.7 Å². The monoisotopic (exact) mass is 341 g/mol. The number of rotatable bonds is 3. The molecule has 0 amide bonds. The minimum atomic E-state index is 0.993. The van der Waals surface area contributed by atoms with Crippen molar-refractivity contribution in [2.75, 3.05) is 31.1 Å². The van der Waals surface area contributed by atoms with E-state index in [-0.39, 0.29) is 0 Å². The Kier molecular flexibility index (Phi) is 4.24. The fraction of sp³-hybridized carbons (Fsp3) is 0.444. The van der Waals surface area contributed by atoms with Gasteiger partial charge in [-0.15, -0.1) is 0 Å². The third-order valence-corrected chi connectivity index (χ3v) is 5.75. The van der Waals surface area contributed by atoms with E-state index < -0.39 is 0 Å². The maximum Gasteiger partial charge on any atom is 0.186 e. The van der Waals surface area contributed by atoms with Crippen molar-refractivity contribution in [1.29, 1.82) is 0 Å². The van der Waals surface area contributed by atoms with E-state index in [9.17, 15) is 0 Å². The Morgan fingerprint density at radius 3 is 2.79 bits per heavy atom. The van der Waals surface area contributed by atoms with Gasteiger partial charge in [-0.3, -0.25) is 9.58 Å². The molecule has 0 atom stereocenters. The van der Waals surface area contributed by atoms with Gasteiger partial charge in [-0.1, -0.05) is 23.5 Å². The van der Waals surface area contributed by atoms with Crippen LogP contribution in [0.1, 0.15) is 17.7 Å². The molecule has 3 heterocycles. The molecule has 5 nitrogen and oxygen atoms in total. The predicted octanol–water partition coefficient (Wildman–Crippen LogP) is 3.05. The molecule has 2 aromatic heterocycles. The predicted molar refractivity (Wildman–Crippen MR) is 99.7 cm³/mol. The Hall–Kier alpha value is -1.92. The van der Waals surface area contributed by atoms with Gasteiger partial charge in [0.2, 0.25) is 0 Å². The molecular formula is C18H23N5S. The molecule has 1 aliphatic rings. The van der Waals surface area contributed by atoms with Gasteiger partial charge >= 0.3 is 0 Å². The molecule has 0 aliphatic carbocycles. The lowest BCUT2D eigenvalue weighted by molar-refractivity contribution is 0.285. The number of aryl methyl sites for hydroxylation is 2. The largest absolute Gasteiger partial charge is 0.347 e. The number of fused-ring (bicyclic) bond motifs is 1. The van der Waals surface area contributed by atoms with Crippen LogP contribution in [0.5, 0.6) is 0 Å². The quantitative estimate of drug-likeness (QED) is 0.734. The van der Waals surface area contributed by atoms with Gasteiger partial charge in [-0.2, -0.15) is 5.10 Å². The summed E-state index contributed by atoms with van der Waals surface area (Å²) in [5.41, 5.74) is 3.60. The summed E-state index contributed by atoms with van der Waals surface area (Å²) in [4.78, 5) is 9.80. The zero-order chi connectivity index (χ0) is 16.5. The maximum atomic E-state index is 4.82. The molecule has 0 saturated carbocycles. The Bertz CT molecular complexity index is 804. The highest BCUT2D eigenvalue weighted by Gasteiger charge is 2.19. The summed E-state index contributed by atoms with van der Waals surface area (Å²) < 4.78 is 3.19. The SMILES string of the molecule is Cc1nn(C)cc1CN1CCCN(c2nc3ccccc3s2)CC1. The molecule has 1 fully saturated rings. The molecule has 0 N–H and O–H groups in total. The van der Waals surface area contributed by atoms with E-state index in [0.717, 1.165) is 49.1 Å². The van der Waals surface area contributed by atoms with E-state index in [1.54, 1.807) is 0 Å². The number of anilines is 1. The van der Waals surface area contributed by atoms with E-state index in [4.69, 9.17) is 4.98 Å². The minimum absolute atomic E-state index is 0.993. The first-order valence-electron chi connectivity index (χ1n) is 8.51. The molecule has 0 spiro atoms. The Labute approximate surface area is 146 Å². The molecule has 0 bridgehead atoms. The van der Waals surface area contributed by atoms with Crippen molar-refractivity contribution >= 4 is 26.7 Å². The number of para-hydroxylation sites is 1. The lowest BCUT2D eigenvalue weighted by atomic mass is 10.2. The van der Waals surface area contributed by atoms with Crippen molar-refractivity contribution in [2.24, 2.45) is 7.05 Å². The van der Waals surface area contributed by atoms with Crippen LogP contribution < -0.4 is 4.90 Å². The van der Waals surface area contributed by atoms with Gasteiger partial charge in [-0.05, 0) is 25.5 Å². The molecule has 0 unspecified atom stereocenters. The lowest BCUT2D eigenvalue weighted by Gasteiger charge is -2.21. The summed E-state index contributed by atoms with van der Waals surface area (Å²) in [5, 5.41) is 5.62.